The number of carbonyl (C=O) groups excluding carboxylic acids is 1. The van der Waals surface area contributed by atoms with E-state index in [4.69, 9.17) is 4.74 Å². The molecule has 0 spiro atoms. The Morgan fingerprint density at radius 3 is 2.52 bits per heavy atom. The van der Waals surface area contributed by atoms with Crippen LogP contribution in [0, 0.1) is 6.92 Å². The average Bonchev–Trinajstić information content (AvgIpc) is 3.04. The summed E-state index contributed by atoms with van der Waals surface area (Å²) in [6, 6.07) is 13.8. The van der Waals surface area contributed by atoms with Gasteiger partial charge in [-0.15, -0.1) is 0 Å². The van der Waals surface area contributed by atoms with Gasteiger partial charge in [0.25, 0.3) is 5.91 Å². The van der Waals surface area contributed by atoms with Crippen molar-refractivity contribution in [3.63, 3.8) is 0 Å². The molecule has 0 aliphatic heterocycles. The molecule has 0 unspecified atom stereocenters. The number of imidazole rings is 1. The van der Waals surface area contributed by atoms with Crippen LogP contribution in [-0.4, -0.2) is 40.5 Å². The maximum absolute atomic E-state index is 12.0. The van der Waals surface area contributed by atoms with E-state index < -0.39 is 0 Å². The summed E-state index contributed by atoms with van der Waals surface area (Å²) in [5.41, 5.74) is 4.16. The lowest BCUT2D eigenvalue weighted by Crippen LogP contribution is -2.34. The first kappa shape index (κ1) is 17.0. The van der Waals surface area contributed by atoms with Crippen LogP contribution < -0.4 is 4.74 Å². The monoisotopic (exact) mass is 337 g/mol. The first-order valence-corrected chi connectivity index (χ1v) is 8.58. The zero-order valence-corrected chi connectivity index (χ0v) is 14.9. The zero-order valence-electron chi connectivity index (χ0n) is 14.9. The third-order valence-corrected chi connectivity index (χ3v) is 4.24. The molecule has 1 amide bonds. The quantitative estimate of drug-likeness (QED) is 0.744. The van der Waals surface area contributed by atoms with E-state index in [-0.39, 0.29) is 12.5 Å². The van der Waals surface area contributed by atoms with Crippen LogP contribution in [0.15, 0.2) is 42.5 Å². The Labute approximate surface area is 147 Å². The summed E-state index contributed by atoms with van der Waals surface area (Å²) in [5, 5.41) is 0. The zero-order chi connectivity index (χ0) is 17.8. The minimum atomic E-state index is 0.00160. The number of fused-ring (bicyclic) bond motifs is 1. The van der Waals surface area contributed by atoms with Crippen molar-refractivity contribution in [2.24, 2.45) is 0 Å². The summed E-state index contributed by atoms with van der Waals surface area (Å²) in [6.45, 7) is 7.44. The maximum Gasteiger partial charge on any atom is 0.260 e. The normalized spacial score (nSPS) is 10.8. The largest absolute Gasteiger partial charge is 0.484 e. The predicted molar refractivity (Wildman–Crippen MR) is 99.7 cm³/mol. The van der Waals surface area contributed by atoms with Crippen molar-refractivity contribution in [3.8, 4) is 17.1 Å². The predicted octanol–water partition coefficient (Wildman–Crippen LogP) is 3.79. The van der Waals surface area contributed by atoms with Gasteiger partial charge in [0.15, 0.2) is 6.61 Å². The van der Waals surface area contributed by atoms with Crippen molar-refractivity contribution in [2.75, 3.05) is 19.7 Å². The molecule has 0 saturated heterocycles. The molecule has 3 rings (SSSR count). The number of benzene rings is 2. The Morgan fingerprint density at radius 2 is 1.84 bits per heavy atom. The minimum absolute atomic E-state index is 0.00160. The first-order valence-electron chi connectivity index (χ1n) is 8.58. The molecule has 0 bridgehead atoms. The molecule has 3 aromatic rings. The van der Waals surface area contributed by atoms with Gasteiger partial charge in [0.05, 0.1) is 11.0 Å². The van der Waals surface area contributed by atoms with Crippen molar-refractivity contribution in [1.82, 2.24) is 14.9 Å². The molecule has 0 saturated carbocycles. The first-order chi connectivity index (χ1) is 12.1. The number of aromatic nitrogens is 2. The highest BCUT2D eigenvalue weighted by molar-refractivity contribution is 5.80. The van der Waals surface area contributed by atoms with Crippen molar-refractivity contribution in [3.05, 3.63) is 48.0 Å². The summed E-state index contributed by atoms with van der Waals surface area (Å²) >= 11 is 0. The molecule has 0 aliphatic carbocycles. The highest BCUT2D eigenvalue weighted by Crippen LogP contribution is 2.23. The number of rotatable bonds is 6. The van der Waals surface area contributed by atoms with Crippen LogP contribution in [0.5, 0.6) is 5.75 Å². The Morgan fingerprint density at radius 1 is 1.12 bits per heavy atom. The molecule has 2 aromatic carbocycles. The fraction of sp³-hybridized carbons (Fsp3) is 0.300. The molecule has 0 radical (unpaired) electrons. The lowest BCUT2D eigenvalue weighted by atomic mass is 10.2. The average molecular weight is 337 g/mol. The Hall–Kier alpha value is -2.82. The Bertz CT molecular complexity index is 864. The van der Waals surface area contributed by atoms with E-state index in [0.717, 1.165) is 22.4 Å². The van der Waals surface area contributed by atoms with Gasteiger partial charge in [0, 0.05) is 18.7 Å². The summed E-state index contributed by atoms with van der Waals surface area (Å²) in [4.78, 5) is 21.7. The van der Waals surface area contributed by atoms with Crippen LogP contribution >= 0.6 is 0 Å². The number of hydrogen-bond donors (Lipinski definition) is 1. The van der Waals surface area contributed by atoms with E-state index in [1.54, 1.807) is 4.90 Å². The third kappa shape index (κ3) is 3.82. The van der Waals surface area contributed by atoms with Crippen LogP contribution in [0.25, 0.3) is 22.4 Å². The second kappa shape index (κ2) is 7.38. The molecule has 0 fully saturated rings. The van der Waals surface area contributed by atoms with Gasteiger partial charge in [-0.1, -0.05) is 6.07 Å². The number of likely N-dealkylation sites (N-methyl/N-ethyl adjacent to an activating group) is 1. The molecule has 25 heavy (non-hydrogen) atoms. The van der Waals surface area contributed by atoms with Crippen LogP contribution in [0.1, 0.15) is 19.4 Å². The fourth-order valence-electron chi connectivity index (χ4n) is 2.78. The number of nitrogens with one attached hydrogen (secondary N) is 1. The molecular weight excluding hydrogens is 314 g/mol. The van der Waals surface area contributed by atoms with Gasteiger partial charge in [-0.2, -0.15) is 0 Å². The number of ether oxygens (including phenoxy) is 1. The van der Waals surface area contributed by atoms with E-state index in [1.807, 2.05) is 44.2 Å². The van der Waals surface area contributed by atoms with Gasteiger partial charge < -0.3 is 14.6 Å². The van der Waals surface area contributed by atoms with E-state index in [0.29, 0.717) is 18.8 Å². The Kier molecular flexibility index (Phi) is 5.03. The van der Waals surface area contributed by atoms with E-state index in [9.17, 15) is 4.79 Å². The number of H-pyrrole nitrogens is 1. The molecular formula is C20H23N3O2. The van der Waals surface area contributed by atoms with E-state index in [1.165, 1.54) is 5.56 Å². The van der Waals surface area contributed by atoms with Crippen molar-refractivity contribution >= 4 is 16.9 Å². The van der Waals surface area contributed by atoms with Crippen LogP contribution in [0.2, 0.25) is 0 Å². The summed E-state index contributed by atoms with van der Waals surface area (Å²) in [6.07, 6.45) is 0. The van der Waals surface area contributed by atoms with E-state index in [2.05, 4.69) is 29.0 Å². The molecule has 130 valence electrons. The highest BCUT2D eigenvalue weighted by Gasteiger charge is 2.10. The van der Waals surface area contributed by atoms with Crippen LogP contribution in [0.4, 0.5) is 0 Å². The van der Waals surface area contributed by atoms with Crippen molar-refractivity contribution in [1.29, 1.82) is 0 Å². The van der Waals surface area contributed by atoms with Gasteiger partial charge in [-0.25, -0.2) is 4.98 Å². The molecule has 0 atom stereocenters. The molecule has 1 aromatic heterocycles. The second-order valence-electron chi connectivity index (χ2n) is 5.99. The van der Waals surface area contributed by atoms with Crippen molar-refractivity contribution < 1.29 is 9.53 Å². The molecule has 1 N–H and O–H groups in total. The third-order valence-electron chi connectivity index (χ3n) is 4.24. The maximum atomic E-state index is 12.0. The SMILES string of the molecule is CCN(CC)C(=O)COc1ccc(-c2nc3ccc(C)cc3[nH]2)cc1. The van der Waals surface area contributed by atoms with Crippen LogP contribution in [0.3, 0.4) is 0 Å². The number of hydrogen-bond acceptors (Lipinski definition) is 3. The molecule has 1 heterocycles. The lowest BCUT2D eigenvalue weighted by molar-refractivity contribution is -0.132. The van der Waals surface area contributed by atoms with Gasteiger partial charge in [-0.3, -0.25) is 4.79 Å². The fourth-order valence-corrected chi connectivity index (χ4v) is 2.78. The number of carbonyl (C=O) groups is 1. The minimum Gasteiger partial charge on any atom is -0.484 e. The number of aryl methyl sites for hydroxylation is 1. The van der Waals surface area contributed by atoms with E-state index >= 15 is 0 Å². The number of amides is 1. The van der Waals surface area contributed by atoms with Gasteiger partial charge in [-0.05, 0) is 62.7 Å². The van der Waals surface area contributed by atoms with Gasteiger partial charge in [0.2, 0.25) is 0 Å². The van der Waals surface area contributed by atoms with Crippen molar-refractivity contribution in [2.45, 2.75) is 20.8 Å². The second-order valence-corrected chi connectivity index (χ2v) is 5.99. The lowest BCUT2D eigenvalue weighted by Gasteiger charge is -2.18. The number of aromatic amines is 1. The Balaban J connectivity index is 1.70. The smallest absolute Gasteiger partial charge is 0.260 e. The van der Waals surface area contributed by atoms with Gasteiger partial charge >= 0.3 is 0 Å². The molecule has 5 heteroatoms. The molecule has 5 nitrogen and oxygen atoms in total. The molecule has 0 aliphatic rings. The summed E-state index contributed by atoms with van der Waals surface area (Å²) in [5.74, 6) is 1.50. The summed E-state index contributed by atoms with van der Waals surface area (Å²) < 4.78 is 5.60. The number of nitrogens with zero attached hydrogens (tertiary/aromatic N) is 2. The standard InChI is InChI=1S/C20H23N3O2/c1-4-23(5-2)19(24)13-25-16-9-7-15(8-10-16)20-21-17-11-6-14(3)12-18(17)22-20/h6-12H,4-5,13H2,1-3H3,(H,21,22). The highest BCUT2D eigenvalue weighted by atomic mass is 16.5. The van der Waals surface area contributed by atoms with Gasteiger partial charge in [0.1, 0.15) is 11.6 Å². The topological polar surface area (TPSA) is 58.2 Å². The van der Waals surface area contributed by atoms with Crippen LogP contribution in [-0.2, 0) is 4.79 Å². The summed E-state index contributed by atoms with van der Waals surface area (Å²) in [7, 11) is 0.